The maximum absolute atomic E-state index is 11.3. The molecule has 0 radical (unpaired) electrons. The average Bonchev–Trinajstić information content (AvgIpc) is 3.09. The highest BCUT2D eigenvalue weighted by molar-refractivity contribution is 5.65. The topological polar surface area (TPSA) is 68.6 Å². The molecular weight excluding hydrogens is 366 g/mol. The number of ether oxygens (including phenoxy) is 1. The summed E-state index contributed by atoms with van der Waals surface area (Å²) in [4.78, 5) is 21.5. The molecule has 2 saturated carbocycles. The standard InChI is InChI=1S/C24H31NO4/c1-15(26)28-29-24(3,14-25)22-10-9-21-20-7-5-16-13-17(27-4)6-8-18(16)19(20)11-12-23(21,22)2/h6,8,13,19-22H,5,7,9-12H2,1-4H3/t19?,20?,21?,22-,23-,24?/m0/s1. The maximum atomic E-state index is 11.3. The zero-order valence-corrected chi connectivity index (χ0v) is 17.9. The lowest BCUT2D eigenvalue weighted by molar-refractivity contribution is -0.330. The van der Waals surface area contributed by atoms with Crippen molar-refractivity contribution in [2.45, 2.75) is 70.8 Å². The van der Waals surface area contributed by atoms with E-state index in [0.29, 0.717) is 17.8 Å². The van der Waals surface area contributed by atoms with E-state index in [9.17, 15) is 10.1 Å². The maximum Gasteiger partial charge on any atom is 0.339 e. The summed E-state index contributed by atoms with van der Waals surface area (Å²) in [6.07, 6.45) is 6.51. The predicted octanol–water partition coefficient (Wildman–Crippen LogP) is 4.94. The normalized spacial score (nSPS) is 34.7. The van der Waals surface area contributed by atoms with Crippen molar-refractivity contribution in [2.75, 3.05) is 7.11 Å². The number of fused-ring (bicyclic) bond motifs is 5. The van der Waals surface area contributed by atoms with Crippen LogP contribution in [0.5, 0.6) is 5.75 Å². The van der Waals surface area contributed by atoms with Gasteiger partial charge in [-0.3, -0.25) is 4.89 Å². The molecule has 0 spiro atoms. The fourth-order valence-electron chi connectivity index (χ4n) is 6.89. The Balaban J connectivity index is 1.60. The molecule has 4 rings (SSSR count). The molecule has 1 aromatic rings. The van der Waals surface area contributed by atoms with Crippen molar-refractivity contribution in [1.29, 1.82) is 5.26 Å². The third-order valence-electron chi connectivity index (χ3n) is 8.15. The molecule has 2 fully saturated rings. The number of benzene rings is 1. The molecule has 6 atom stereocenters. The summed E-state index contributed by atoms with van der Waals surface area (Å²) in [6, 6.07) is 8.88. The first-order chi connectivity index (χ1) is 13.8. The molecule has 0 aromatic heterocycles. The smallest absolute Gasteiger partial charge is 0.339 e. The Hall–Kier alpha value is -2.06. The Morgan fingerprint density at radius 3 is 2.76 bits per heavy atom. The zero-order chi connectivity index (χ0) is 20.8. The third-order valence-corrected chi connectivity index (χ3v) is 8.15. The van der Waals surface area contributed by atoms with E-state index in [-0.39, 0.29) is 11.3 Å². The molecule has 5 heteroatoms. The van der Waals surface area contributed by atoms with Crippen LogP contribution >= 0.6 is 0 Å². The Kier molecular flexibility index (Phi) is 5.11. The van der Waals surface area contributed by atoms with Crippen LogP contribution in [0.2, 0.25) is 0 Å². The molecule has 0 amide bonds. The van der Waals surface area contributed by atoms with Gasteiger partial charge in [0.15, 0.2) is 0 Å². The van der Waals surface area contributed by atoms with Gasteiger partial charge >= 0.3 is 5.97 Å². The van der Waals surface area contributed by atoms with Crippen LogP contribution in [0, 0.1) is 34.5 Å². The minimum Gasteiger partial charge on any atom is -0.497 e. The first-order valence-corrected chi connectivity index (χ1v) is 10.8. The van der Waals surface area contributed by atoms with Crippen LogP contribution in [0.25, 0.3) is 0 Å². The average molecular weight is 398 g/mol. The molecule has 3 aliphatic carbocycles. The number of hydrogen-bond acceptors (Lipinski definition) is 5. The molecule has 0 heterocycles. The molecular formula is C24H31NO4. The molecule has 29 heavy (non-hydrogen) atoms. The van der Waals surface area contributed by atoms with Gasteiger partial charge in [-0.15, -0.1) is 0 Å². The van der Waals surface area contributed by atoms with Gasteiger partial charge in [0, 0.05) is 12.8 Å². The minimum absolute atomic E-state index is 0.0236. The van der Waals surface area contributed by atoms with Crippen molar-refractivity contribution in [3.63, 3.8) is 0 Å². The fraction of sp³-hybridized carbons (Fsp3) is 0.667. The van der Waals surface area contributed by atoms with Gasteiger partial charge in [-0.25, -0.2) is 4.79 Å². The summed E-state index contributed by atoms with van der Waals surface area (Å²) < 4.78 is 5.42. The highest BCUT2D eigenvalue weighted by Gasteiger charge is 2.60. The van der Waals surface area contributed by atoms with Crippen LogP contribution in [-0.2, 0) is 21.0 Å². The fourth-order valence-corrected chi connectivity index (χ4v) is 6.89. The number of rotatable bonds is 4. The van der Waals surface area contributed by atoms with E-state index >= 15 is 0 Å². The van der Waals surface area contributed by atoms with Crippen molar-refractivity contribution >= 4 is 5.97 Å². The van der Waals surface area contributed by atoms with Crippen LogP contribution < -0.4 is 4.74 Å². The van der Waals surface area contributed by atoms with Crippen molar-refractivity contribution in [1.82, 2.24) is 0 Å². The van der Waals surface area contributed by atoms with Gasteiger partial charge in [0.25, 0.3) is 0 Å². The lowest BCUT2D eigenvalue weighted by Crippen LogP contribution is -2.49. The molecule has 4 unspecified atom stereocenters. The van der Waals surface area contributed by atoms with Crippen molar-refractivity contribution in [2.24, 2.45) is 23.2 Å². The molecule has 0 bridgehead atoms. The molecule has 0 saturated heterocycles. The highest BCUT2D eigenvalue weighted by Crippen LogP contribution is 2.65. The van der Waals surface area contributed by atoms with Gasteiger partial charge in [0.05, 0.1) is 7.11 Å². The van der Waals surface area contributed by atoms with Gasteiger partial charge in [0.1, 0.15) is 11.8 Å². The van der Waals surface area contributed by atoms with Crippen molar-refractivity contribution in [3.8, 4) is 11.8 Å². The number of aryl methyl sites for hydroxylation is 1. The van der Waals surface area contributed by atoms with E-state index in [1.54, 1.807) is 14.0 Å². The number of methoxy groups -OCH3 is 1. The van der Waals surface area contributed by atoms with Crippen LogP contribution in [0.15, 0.2) is 18.2 Å². The summed E-state index contributed by atoms with van der Waals surface area (Å²) in [7, 11) is 1.72. The Labute approximate surface area is 173 Å². The highest BCUT2D eigenvalue weighted by atomic mass is 17.2. The molecule has 0 aliphatic heterocycles. The van der Waals surface area contributed by atoms with Crippen molar-refractivity contribution in [3.05, 3.63) is 29.3 Å². The quantitative estimate of drug-likeness (QED) is 0.531. The second kappa shape index (κ2) is 7.32. The van der Waals surface area contributed by atoms with E-state index in [0.717, 1.165) is 37.9 Å². The van der Waals surface area contributed by atoms with Gasteiger partial charge in [-0.2, -0.15) is 10.1 Å². The second-order valence-corrected chi connectivity index (χ2v) is 9.53. The molecule has 3 aliphatic rings. The molecule has 156 valence electrons. The first kappa shape index (κ1) is 20.2. The van der Waals surface area contributed by atoms with E-state index in [2.05, 4.69) is 31.2 Å². The lowest BCUT2D eigenvalue weighted by Gasteiger charge is -2.52. The Morgan fingerprint density at radius 2 is 2.07 bits per heavy atom. The zero-order valence-electron chi connectivity index (χ0n) is 17.9. The lowest BCUT2D eigenvalue weighted by atomic mass is 9.53. The van der Waals surface area contributed by atoms with E-state index in [1.165, 1.54) is 24.5 Å². The molecule has 5 nitrogen and oxygen atoms in total. The summed E-state index contributed by atoms with van der Waals surface area (Å²) in [6.45, 7) is 5.42. The summed E-state index contributed by atoms with van der Waals surface area (Å²) in [5, 5.41) is 9.90. The third kappa shape index (κ3) is 3.22. The first-order valence-electron chi connectivity index (χ1n) is 10.8. The Bertz CT molecular complexity index is 846. The monoisotopic (exact) mass is 397 g/mol. The predicted molar refractivity (Wildman–Crippen MR) is 108 cm³/mol. The van der Waals surface area contributed by atoms with Crippen molar-refractivity contribution < 1.29 is 19.3 Å². The van der Waals surface area contributed by atoms with Gasteiger partial charge in [-0.1, -0.05) is 13.0 Å². The number of carbonyl (C=O) groups is 1. The van der Waals surface area contributed by atoms with Gasteiger partial charge < -0.3 is 4.74 Å². The van der Waals surface area contributed by atoms with E-state index in [1.807, 2.05) is 0 Å². The number of nitrogens with zero attached hydrogens (tertiary/aromatic N) is 1. The number of nitriles is 1. The summed E-state index contributed by atoms with van der Waals surface area (Å²) in [5.41, 5.74) is 1.84. The van der Waals surface area contributed by atoms with Crippen LogP contribution in [0.3, 0.4) is 0 Å². The van der Waals surface area contributed by atoms with Gasteiger partial charge in [-0.05, 0) is 91.9 Å². The number of carbonyl (C=O) groups excluding carboxylic acids is 1. The SMILES string of the molecule is COc1ccc2c(c1)CCC1C2CC[C@@]2(C)C1CC[C@@H]2C(C)(C#N)OOC(C)=O. The molecule has 0 N–H and O–H groups in total. The van der Waals surface area contributed by atoms with Crippen LogP contribution in [-0.4, -0.2) is 18.7 Å². The summed E-state index contributed by atoms with van der Waals surface area (Å²) >= 11 is 0. The van der Waals surface area contributed by atoms with Gasteiger partial charge in [0.2, 0.25) is 5.60 Å². The van der Waals surface area contributed by atoms with E-state index in [4.69, 9.17) is 14.5 Å². The number of hydrogen-bond donors (Lipinski definition) is 0. The molecule has 1 aromatic carbocycles. The summed E-state index contributed by atoms with van der Waals surface area (Å²) in [5.74, 6) is 2.27. The van der Waals surface area contributed by atoms with E-state index < -0.39 is 11.6 Å². The minimum atomic E-state index is -1.11. The largest absolute Gasteiger partial charge is 0.497 e. The second-order valence-electron chi connectivity index (χ2n) is 9.53. The van der Waals surface area contributed by atoms with Crippen LogP contribution in [0.1, 0.15) is 69.9 Å². The Morgan fingerprint density at radius 1 is 1.28 bits per heavy atom. The van der Waals surface area contributed by atoms with Crippen LogP contribution in [0.4, 0.5) is 0 Å².